The molecular formula is C18H22N2O6S. The molecule has 0 unspecified atom stereocenters. The zero-order chi connectivity index (χ0) is 20.0. The average Bonchev–Trinajstić information content (AvgIpc) is 2.67. The van der Waals surface area contributed by atoms with Crippen molar-refractivity contribution in [3.8, 4) is 23.0 Å². The van der Waals surface area contributed by atoms with Crippen LogP contribution in [0.15, 0.2) is 41.4 Å². The number of hydrogen-bond donors (Lipinski definition) is 2. The van der Waals surface area contributed by atoms with E-state index in [1.165, 1.54) is 58.9 Å². The molecule has 0 bridgehead atoms. The number of sulfonamides is 1. The summed E-state index contributed by atoms with van der Waals surface area (Å²) in [6.45, 7) is 0. The molecule has 3 N–H and O–H groups in total. The Kier molecular flexibility index (Phi) is 6.40. The molecule has 27 heavy (non-hydrogen) atoms. The van der Waals surface area contributed by atoms with Crippen LogP contribution in [0.1, 0.15) is 5.56 Å². The summed E-state index contributed by atoms with van der Waals surface area (Å²) < 4.78 is 48.1. The molecule has 146 valence electrons. The second kappa shape index (κ2) is 8.54. The number of nitrogens with two attached hydrogens (primary N) is 1. The van der Waals surface area contributed by atoms with Crippen LogP contribution < -0.4 is 29.4 Å². The van der Waals surface area contributed by atoms with E-state index >= 15 is 0 Å². The van der Waals surface area contributed by atoms with E-state index in [4.69, 9.17) is 24.7 Å². The maximum Gasteiger partial charge on any atom is 0.261 e. The van der Waals surface area contributed by atoms with Crippen LogP contribution in [0.2, 0.25) is 0 Å². The number of benzene rings is 2. The topological polar surface area (TPSA) is 109 Å². The van der Waals surface area contributed by atoms with Gasteiger partial charge in [0.15, 0.2) is 0 Å². The molecule has 0 saturated carbocycles. The van der Waals surface area contributed by atoms with Crippen LogP contribution in [0.5, 0.6) is 23.0 Å². The zero-order valence-corrected chi connectivity index (χ0v) is 16.3. The maximum absolute atomic E-state index is 12.4. The molecule has 0 heterocycles. The van der Waals surface area contributed by atoms with Gasteiger partial charge >= 0.3 is 0 Å². The Morgan fingerprint density at radius 3 is 1.96 bits per heavy atom. The highest BCUT2D eigenvalue weighted by molar-refractivity contribution is 7.89. The molecule has 0 atom stereocenters. The lowest BCUT2D eigenvalue weighted by Crippen LogP contribution is -2.18. The molecule has 2 aromatic rings. The molecule has 0 radical (unpaired) electrons. The highest BCUT2D eigenvalue weighted by Crippen LogP contribution is 2.35. The Labute approximate surface area is 158 Å². The van der Waals surface area contributed by atoms with E-state index in [0.717, 1.165) is 0 Å². The van der Waals surface area contributed by atoms with Crippen molar-refractivity contribution in [2.75, 3.05) is 34.2 Å². The van der Waals surface area contributed by atoms with Crippen LogP contribution in [0.25, 0.3) is 6.08 Å². The molecule has 0 aliphatic rings. The molecule has 0 aliphatic heterocycles. The van der Waals surface area contributed by atoms with Crippen molar-refractivity contribution in [3.63, 3.8) is 0 Å². The normalized spacial score (nSPS) is 11.3. The molecule has 0 aromatic heterocycles. The molecule has 0 spiro atoms. The lowest BCUT2D eigenvalue weighted by Gasteiger charge is -2.12. The van der Waals surface area contributed by atoms with Gasteiger partial charge in [0, 0.05) is 18.3 Å². The van der Waals surface area contributed by atoms with E-state index in [2.05, 4.69) is 4.72 Å². The summed E-state index contributed by atoms with van der Waals surface area (Å²) in [6.07, 6.45) is 2.81. The van der Waals surface area contributed by atoms with Crippen LogP contribution >= 0.6 is 0 Å². The number of methoxy groups -OCH3 is 4. The summed E-state index contributed by atoms with van der Waals surface area (Å²) in [5.41, 5.74) is 6.55. The van der Waals surface area contributed by atoms with Crippen LogP contribution in [0.3, 0.4) is 0 Å². The van der Waals surface area contributed by atoms with Gasteiger partial charge in [-0.25, -0.2) is 8.42 Å². The smallest absolute Gasteiger partial charge is 0.261 e. The van der Waals surface area contributed by atoms with Gasteiger partial charge in [0.25, 0.3) is 10.0 Å². The molecule has 0 fully saturated rings. The average molecular weight is 394 g/mol. The standard InChI is InChI=1S/C18H22N2O6S/c1-23-12-9-17(25-3)14(18(10-12)26-4)7-8-20-27(21,22)13-5-6-16(24-2)15(19)11-13/h5-11,20H,19H2,1-4H3. The van der Waals surface area contributed by atoms with Crippen molar-refractivity contribution < 1.29 is 27.4 Å². The highest BCUT2D eigenvalue weighted by Gasteiger charge is 2.15. The number of rotatable bonds is 8. The molecular weight excluding hydrogens is 372 g/mol. The Hall–Kier alpha value is -3.07. The number of ether oxygens (including phenoxy) is 4. The third-order valence-corrected chi connectivity index (χ3v) is 5.06. The first-order valence-electron chi connectivity index (χ1n) is 7.78. The number of hydrogen-bond acceptors (Lipinski definition) is 7. The van der Waals surface area contributed by atoms with Crippen LogP contribution in [0.4, 0.5) is 5.69 Å². The minimum Gasteiger partial charge on any atom is -0.496 e. The predicted octanol–water partition coefficient (Wildman–Crippen LogP) is 2.25. The predicted molar refractivity (Wildman–Crippen MR) is 103 cm³/mol. The quantitative estimate of drug-likeness (QED) is 0.661. The van der Waals surface area contributed by atoms with Gasteiger partial charge in [0.05, 0.1) is 44.6 Å². The van der Waals surface area contributed by atoms with Gasteiger partial charge in [-0.05, 0) is 24.3 Å². The Morgan fingerprint density at radius 2 is 1.48 bits per heavy atom. The van der Waals surface area contributed by atoms with E-state index in [1.54, 1.807) is 12.1 Å². The minimum absolute atomic E-state index is 0.0131. The maximum atomic E-state index is 12.4. The van der Waals surface area contributed by atoms with Crippen LogP contribution in [0, 0.1) is 0 Å². The molecule has 0 amide bonds. The van der Waals surface area contributed by atoms with Crippen LogP contribution in [-0.2, 0) is 10.0 Å². The molecule has 2 rings (SSSR count). The monoisotopic (exact) mass is 394 g/mol. The van der Waals surface area contributed by atoms with Crippen molar-refractivity contribution in [3.05, 3.63) is 42.1 Å². The summed E-state index contributed by atoms with van der Waals surface area (Å²) >= 11 is 0. The molecule has 9 heteroatoms. The summed E-state index contributed by atoms with van der Waals surface area (Å²) in [5.74, 6) is 1.89. The van der Waals surface area contributed by atoms with E-state index in [1.807, 2.05) is 0 Å². The summed E-state index contributed by atoms with van der Waals surface area (Å²) in [5, 5.41) is 0. The first-order chi connectivity index (χ1) is 12.9. The van der Waals surface area contributed by atoms with Gasteiger partial charge < -0.3 is 24.7 Å². The fourth-order valence-corrected chi connectivity index (χ4v) is 3.26. The largest absolute Gasteiger partial charge is 0.496 e. The van der Waals surface area contributed by atoms with Crippen molar-refractivity contribution in [1.29, 1.82) is 0 Å². The molecule has 8 nitrogen and oxygen atoms in total. The first-order valence-corrected chi connectivity index (χ1v) is 9.27. The highest BCUT2D eigenvalue weighted by atomic mass is 32.2. The fraction of sp³-hybridized carbons (Fsp3) is 0.222. The van der Waals surface area contributed by atoms with Gasteiger partial charge in [0.1, 0.15) is 23.0 Å². The third-order valence-electron chi connectivity index (χ3n) is 3.74. The van der Waals surface area contributed by atoms with Gasteiger partial charge in [-0.3, -0.25) is 4.72 Å². The number of anilines is 1. The Bertz CT molecular complexity index is 916. The SMILES string of the molecule is COc1cc(OC)c(C=CNS(=O)(=O)c2ccc(OC)c(N)c2)c(OC)c1. The first kappa shape index (κ1) is 20.2. The second-order valence-electron chi connectivity index (χ2n) is 5.30. The van der Waals surface area contributed by atoms with Crippen molar-refractivity contribution in [2.45, 2.75) is 4.90 Å². The lowest BCUT2D eigenvalue weighted by molar-refractivity contribution is 0.374. The lowest BCUT2D eigenvalue weighted by atomic mass is 10.1. The third kappa shape index (κ3) is 4.56. The number of nitrogen functional groups attached to an aromatic ring is 1. The summed E-state index contributed by atoms with van der Waals surface area (Å²) in [7, 11) is 2.16. The van der Waals surface area contributed by atoms with Crippen molar-refractivity contribution >= 4 is 21.8 Å². The van der Waals surface area contributed by atoms with Crippen molar-refractivity contribution in [1.82, 2.24) is 4.72 Å². The second-order valence-corrected chi connectivity index (χ2v) is 7.02. The zero-order valence-electron chi connectivity index (χ0n) is 15.5. The van der Waals surface area contributed by atoms with Gasteiger partial charge in [0.2, 0.25) is 0 Å². The van der Waals surface area contributed by atoms with E-state index in [0.29, 0.717) is 28.6 Å². The van der Waals surface area contributed by atoms with E-state index in [-0.39, 0.29) is 10.6 Å². The van der Waals surface area contributed by atoms with Crippen molar-refractivity contribution in [2.24, 2.45) is 0 Å². The Morgan fingerprint density at radius 1 is 0.889 bits per heavy atom. The Balaban J connectivity index is 2.30. The molecule has 0 aliphatic carbocycles. The van der Waals surface area contributed by atoms with Gasteiger partial charge in [-0.2, -0.15) is 0 Å². The van der Waals surface area contributed by atoms with Gasteiger partial charge in [-0.15, -0.1) is 0 Å². The fourth-order valence-electron chi connectivity index (χ4n) is 2.35. The molecule has 0 saturated heterocycles. The molecule has 2 aromatic carbocycles. The summed E-state index contributed by atoms with van der Waals surface area (Å²) in [6, 6.07) is 7.55. The van der Waals surface area contributed by atoms with E-state index < -0.39 is 10.0 Å². The summed E-state index contributed by atoms with van der Waals surface area (Å²) in [4.78, 5) is 0.0131. The van der Waals surface area contributed by atoms with Crippen LogP contribution in [-0.4, -0.2) is 36.9 Å². The number of nitrogens with one attached hydrogen (secondary N) is 1. The van der Waals surface area contributed by atoms with Gasteiger partial charge in [-0.1, -0.05) is 0 Å². The minimum atomic E-state index is -3.81. The van der Waals surface area contributed by atoms with E-state index in [9.17, 15) is 8.42 Å².